The van der Waals surface area contributed by atoms with Crippen molar-refractivity contribution in [2.45, 2.75) is 146 Å². The quantitative estimate of drug-likeness (QED) is 0.0275. The summed E-state index contributed by atoms with van der Waals surface area (Å²) < 4.78 is 0. The number of aliphatic hydroxyl groups is 2. The Balaban J connectivity index is 3.16. The molecule has 28 heteroatoms. The lowest BCUT2D eigenvalue weighted by atomic mass is 10.0. The van der Waals surface area contributed by atoms with Crippen molar-refractivity contribution in [3.05, 3.63) is 29.8 Å². The van der Waals surface area contributed by atoms with Gasteiger partial charge in [-0.25, -0.2) is 4.79 Å². The van der Waals surface area contributed by atoms with Gasteiger partial charge in [-0.3, -0.25) is 58.1 Å². The zero-order valence-corrected chi connectivity index (χ0v) is 40.7. The number of aromatic hydroxyl groups is 1. The predicted molar refractivity (Wildman–Crippen MR) is 256 cm³/mol. The molecule has 0 aromatic heterocycles. The Labute approximate surface area is 420 Å². The molecule has 0 saturated carbocycles. The van der Waals surface area contributed by atoms with Gasteiger partial charge >= 0.3 is 11.9 Å². The Kier molecular flexibility index (Phi) is 30.3. The van der Waals surface area contributed by atoms with Gasteiger partial charge in [-0.1, -0.05) is 76.8 Å². The van der Waals surface area contributed by atoms with E-state index in [0.717, 1.165) is 32.1 Å². The van der Waals surface area contributed by atoms with Gasteiger partial charge in [0, 0.05) is 13.0 Å². The van der Waals surface area contributed by atoms with Crippen LogP contribution in [0.3, 0.4) is 0 Å². The third kappa shape index (κ3) is 27.1. The van der Waals surface area contributed by atoms with Gasteiger partial charge in [0.1, 0.15) is 42.0 Å². The number of carbonyl (C=O) groups excluding carboxylic acids is 10. The number of carbonyl (C=O) groups is 12. The number of aliphatic carboxylic acids is 2. The van der Waals surface area contributed by atoms with Crippen molar-refractivity contribution in [1.82, 2.24) is 42.5 Å². The third-order valence-corrected chi connectivity index (χ3v) is 10.8. The summed E-state index contributed by atoms with van der Waals surface area (Å²) in [4.78, 5) is 151. The molecular formula is C45H71N11O17. The summed E-state index contributed by atoms with van der Waals surface area (Å²) in [7, 11) is 0. The molecule has 0 bridgehead atoms. The van der Waals surface area contributed by atoms with Gasteiger partial charge in [-0.2, -0.15) is 0 Å². The van der Waals surface area contributed by atoms with Crippen LogP contribution in [0.25, 0.3) is 0 Å². The Morgan fingerprint density at radius 2 is 0.904 bits per heavy atom. The number of nitrogens with one attached hydrogen (secondary N) is 8. The molecule has 408 valence electrons. The molecule has 0 saturated heterocycles. The molecule has 28 nitrogen and oxygen atoms in total. The van der Waals surface area contributed by atoms with Crippen molar-refractivity contribution in [2.24, 2.45) is 17.2 Å². The highest BCUT2D eigenvalue weighted by atomic mass is 16.4. The zero-order valence-electron chi connectivity index (χ0n) is 40.7. The molecule has 0 aliphatic carbocycles. The van der Waals surface area contributed by atoms with Crippen molar-refractivity contribution in [3.63, 3.8) is 0 Å². The Morgan fingerprint density at radius 1 is 0.479 bits per heavy atom. The highest BCUT2D eigenvalue weighted by molar-refractivity contribution is 5.99. The number of nitrogens with two attached hydrogens (primary N) is 3. The van der Waals surface area contributed by atoms with Crippen molar-refractivity contribution >= 4 is 71.0 Å². The number of hydrogen-bond donors (Lipinski definition) is 16. The lowest BCUT2D eigenvalue weighted by molar-refractivity contribution is -0.144. The van der Waals surface area contributed by atoms with Gasteiger partial charge in [0.05, 0.1) is 51.5 Å². The molecule has 0 aliphatic heterocycles. The van der Waals surface area contributed by atoms with E-state index in [1.807, 2.05) is 10.6 Å². The summed E-state index contributed by atoms with van der Waals surface area (Å²) >= 11 is 0. The normalized spacial score (nSPS) is 13.7. The number of carboxylic acids is 2. The van der Waals surface area contributed by atoms with Gasteiger partial charge < -0.3 is 80.0 Å². The molecule has 7 atom stereocenters. The molecule has 10 amide bonds. The molecule has 0 heterocycles. The lowest BCUT2D eigenvalue weighted by Crippen LogP contribution is -2.60. The highest BCUT2D eigenvalue weighted by Crippen LogP contribution is 2.13. The van der Waals surface area contributed by atoms with Gasteiger partial charge in [-0.15, -0.1) is 0 Å². The van der Waals surface area contributed by atoms with E-state index in [9.17, 15) is 83.1 Å². The van der Waals surface area contributed by atoms with Crippen LogP contribution in [0.4, 0.5) is 0 Å². The standard InChI is InChI=1S/C45H71N11O17/c1-2-3-4-5-6-7-8-9-10-11-16-49-39(66)30(21-38(64)65)51-32(23-57)43(70)53-27(17-25-12-14-26(59)15-13-25)41(68)54-28(18-34(46)60)40(67)50-22-37(63)52-29(19-35(47)61)42(69)56-33(24-58)44(71)55-31(45(72)73)20-36(48)62/h12-15,27-33,51,57-59H,2-11,16-24H2,1H3,(H2,46,60)(H2,47,61)(H2,48,62)(H,49,66)(H,50,67)(H,52,63)(H,53,70)(H,54,68)(H,55,71)(H,56,69)(H,64,65)(H,72,73)/t27-,28-,29+,30+,31+,32-,33+/m1/s1. The molecular weight excluding hydrogens is 967 g/mol. The maximum atomic E-state index is 13.9. The van der Waals surface area contributed by atoms with Crippen molar-refractivity contribution in [3.8, 4) is 5.75 Å². The van der Waals surface area contributed by atoms with E-state index in [2.05, 4.69) is 38.8 Å². The number of hydrogen-bond acceptors (Lipinski definition) is 16. The number of primary amides is 3. The maximum Gasteiger partial charge on any atom is 0.326 e. The number of unbranched alkanes of at least 4 members (excludes halogenated alkanes) is 9. The van der Waals surface area contributed by atoms with Crippen LogP contribution in [-0.4, -0.2) is 165 Å². The largest absolute Gasteiger partial charge is 0.508 e. The Bertz CT molecular complexity index is 2040. The van der Waals surface area contributed by atoms with Crippen LogP contribution in [0.5, 0.6) is 5.75 Å². The summed E-state index contributed by atoms with van der Waals surface area (Å²) in [6.07, 6.45) is 6.60. The molecule has 0 aliphatic rings. The second-order valence-electron chi connectivity index (χ2n) is 17.0. The summed E-state index contributed by atoms with van der Waals surface area (Å²) in [6, 6.07) is -7.08. The van der Waals surface area contributed by atoms with E-state index < -0.39 is 159 Å². The fourth-order valence-electron chi connectivity index (χ4n) is 6.92. The number of rotatable bonds is 39. The summed E-state index contributed by atoms with van der Waals surface area (Å²) in [5.41, 5.74) is 15.9. The predicted octanol–water partition coefficient (Wildman–Crippen LogP) is -4.99. The lowest BCUT2D eigenvalue weighted by Gasteiger charge is -2.26. The highest BCUT2D eigenvalue weighted by Gasteiger charge is 2.34. The topological polar surface area (TPSA) is 480 Å². The van der Waals surface area contributed by atoms with Crippen LogP contribution >= 0.6 is 0 Å². The van der Waals surface area contributed by atoms with Crippen LogP contribution in [0.1, 0.15) is 102 Å². The summed E-state index contributed by atoms with van der Waals surface area (Å²) in [5.74, 6) is -14.8. The second kappa shape index (κ2) is 34.8. The van der Waals surface area contributed by atoms with Gasteiger partial charge in [0.2, 0.25) is 59.1 Å². The molecule has 0 fully saturated rings. The smallest absolute Gasteiger partial charge is 0.326 e. The Hall–Kier alpha value is -7.46. The molecule has 1 aromatic carbocycles. The zero-order chi connectivity index (χ0) is 55.0. The van der Waals surface area contributed by atoms with Crippen molar-refractivity contribution in [2.75, 3.05) is 26.3 Å². The van der Waals surface area contributed by atoms with Crippen LogP contribution < -0.4 is 59.7 Å². The molecule has 73 heavy (non-hydrogen) atoms. The molecule has 19 N–H and O–H groups in total. The van der Waals surface area contributed by atoms with E-state index >= 15 is 0 Å². The van der Waals surface area contributed by atoms with E-state index in [4.69, 9.17) is 17.2 Å². The fourth-order valence-corrected chi connectivity index (χ4v) is 6.92. The summed E-state index contributed by atoms with van der Waals surface area (Å²) in [6.45, 7) is -0.804. The number of carboxylic acid groups (broad SMARTS) is 2. The minimum Gasteiger partial charge on any atom is -0.508 e. The van der Waals surface area contributed by atoms with Gasteiger partial charge in [-0.05, 0) is 24.1 Å². The van der Waals surface area contributed by atoms with E-state index in [1.54, 1.807) is 0 Å². The van der Waals surface area contributed by atoms with Crippen molar-refractivity contribution in [1.29, 1.82) is 0 Å². The summed E-state index contributed by atoms with van der Waals surface area (Å²) in [5, 5.41) is 66.4. The van der Waals surface area contributed by atoms with Gasteiger partial charge in [0.15, 0.2) is 0 Å². The molecule has 0 radical (unpaired) electrons. The SMILES string of the molecule is CCCCCCCCCCCCNC(=O)[C@H](CC(=O)O)N[C@H](CO)C(=O)N[C@H](Cc1ccc(O)cc1)C(=O)N[C@H](CC(N)=O)C(=O)NCC(=O)N[C@@H](CC(N)=O)C(=O)N[C@@H](CO)C(=O)N[C@@H](CC(N)=O)C(=O)O. The number of benzene rings is 1. The monoisotopic (exact) mass is 1040 g/mol. The first-order chi connectivity index (χ1) is 34.5. The van der Waals surface area contributed by atoms with Crippen LogP contribution in [0, 0.1) is 0 Å². The first kappa shape index (κ1) is 63.6. The number of phenolic OH excluding ortho intramolecular Hbond substituents is 1. The maximum absolute atomic E-state index is 13.9. The third-order valence-electron chi connectivity index (χ3n) is 10.8. The molecule has 0 spiro atoms. The first-order valence-corrected chi connectivity index (χ1v) is 23.6. The molecule has 1 rings (SSSR count). The average molecular weight is 1040 g/mol. The van der Waals surface area contributed by atoms with E-state index in [0.29, 0.717) is 12.0 Å². The van der Waals surface area contributed by atoms with E-state index in [1.165, 1.54) is 49.9 Å². The van der Waals surface area contributed by atoms with Crippen LogP contribution in [0.15, 0.2) is 24.3 Å². The minimum absolute atomic E-state index is 0.163. The number of aliphatic hydroxyl groups excluding tert-OH is 2. The Morgan fingerprint density at radius 3 is 1.41 bits per heavy atom. The first-order valence-electron chi connectivity index (χ1n) is 23.6. The average Bonchev–Trinajstić information content (AvgIpc) is 3.31. The van der Waals surface area contributed by atoms with Crippen LogP contribution in [0.2, 0.25) is 0 Å². The second-order valence-corrected chi connectivity index (χ2v) is 17.0. The molecule has 0 unspecified atom stereocenters. The number of phenols is 1. The number of amides is 10. The van der Waals surface area contributed by atoms with Crippen molar-refractivity contribution < 1.29 is 83.1 Å². The fraction of sp³-hybridized carbons (Fsp3) is 0.600. The van der Waals surface area contributed by atoms with Gasteiger partial charge in [0.25, 0.3) is 0 Å². The molecule has 1 aromatic rings. The van der Waals surface area contributed by atoms with Crippen LogP contribution in [-0.2, 0) is 64.0 Å². The van der Waals surface area contributed by atoms with E-state index in [-0.39, 0.29) is 18.7 Å². The minimum atomic E-state index is -1.90.